The Morgan fingerprint density at radius 2 is 2.00 bits per heavy atom. The third kappa shape index (κ3) is 3.08. The maximum Gasteiger partial charge on any atom is 0.295 e. The summed E-state index contributed by atoms with van der Waals surface area (Å²) in [5.74, 6) is 0. The molecule has 0 saturated heterocycles. The van der Waals surface area contributed by atoms with Crippen LogP contribution in [0.4, 0.5) is 0 Å². The van der Waals surface area contributed by atoms with Crippen molar-refractivity contribution in [1.29, 1.82) is 0 Å². The highest BCUT2D eigenvalue weighted by atomic mass is 16.6. The average molecular weight is 132 g/mol. The van der Waals surface area contributed by atoms with Gasteiger partial charge in [-0.05, 0) is 0 Å². The SMILES string of the molecule is CC(C)(C)C(O)OC=O. The lowest BCUT2D eigenvalue weighted by atomic mass is 9.96. The second-order valence-electron chi connectivity index (χ2n) is 2.95. The van der Waals surface area contributed by atoms with E-state index in [1.165, 1.54) is 0 Å². The quantitative estimate of drug-likeness (QED) is 0.440. The van der Waals surface area contributed by atoms with E-state index in [1.54, 1.807) is 20.8 Å². The summed E-state index contributed by atoms with van der Waals surface area (Å²) < 4.78 is 4.28. The molecule has 1 atom stereocenters. The van der Waals surface area contributed by atoms with Crippen molar-refractivity contribution in [2.24, 2.45) is 5.41 Å². The van der Waals surface area contributed by atoms with E-state index < -0.39 is 6.29 Å². The summed E-state index contributed by atoms with van der Waals surface area (Å²) in [5, 5.41) is 8.93. The molecule has 0 spiro atoms. The lowest BCUT2D eigenvalue weighted by Gasteiger charge is -2.22. The van der Waals surface area contributed by atoms with Gasteiger partial charge in [-0.15, -0.1) is 0 Å². The molecule has 0 radical (unpaired) electrons. The number of hydrogen-bond donors (Lipinski definition) is 1. The fraction of sp³-hybridized carbons (Fsp3) is 0.833. The predicted octanol–water partition coefficient (Wildman–Crippen LogP) is 0.524. The second kappa shape index (κ2) is 2.82. The molecule has 3 nitrogen and oxygen atoms in total. The highest BCUT2D eigenvalue weighted by Gasteiger charge is 2.22. The van der Waals surface area contributed by atoms with Crippen molar-refractivity contribution in [3.63, 3.8) is 0 Å². The fourth-order valence-electron chi connectivity index (χ4n) is 0.257. The molecule has 0 aromatic carbocycles. The number of aliphatic hydroxyl groups excluding tert-OH is 1. The van der Waals surface area contributed by atoms with Crippen molar-refractivity contribution >= 4 is 6.47 Å². The molecule has 0 bridgehead atoms. The molecule has 0 heterocycles. The van der Waals surface area contributed by atoms with Crippen molar-refractivity contribution in [2.45, 2.75) is 27.1 Å². The molecule has 54 valence electrons. The predicted molar refractivity (Wildman–Crippen MR) is 32.6 cm³/mol. The monoisotopic (exact) mass is 132 g/mol. The lowest BCUT2D eigenvalue weighted by Crippen LogP contribution is -2.28. The lowest BCUT2D eigenvalue weighted by molar-refractivity contribution is -0.171. The van der Waals surface area contributed by atoms with Crippen LogP contribution in [0.2, 0.25) is 0 Å². The van der Waals surface area contributed by atoms with Gasteiger partial charge in [-0.2, -0.15) is 0 Å². The van der Waals surface area contributed by atoms with Crippen molar-refractivity contribution < 1.29 is 14.6 Å². The van der Waals surface area contributed by atoms with Gasteiger partial charge >= 0.3 is 0 Å². The maximum atomic E-state index is 9.68. The first-order valence-corrected chi connectivity index (χ1v) is 2.75. The van der Waals surface area contributed by atoms with Gasteiger partial charge in [-0.1, -0.05) is 20.8 Å². The van der Waals surface area contributed by atoms with Crippen molar-refractivity contribution in [2.75, 3.05) is 0 Å². The van der Waals surface area contributed by atoms with E-state index in [1.807, 2.05) is 0 Å². The largest absolute Gasteiger partial charge is 0.438 e. The van der Waals surface area contributed by atoms with Gasteiger partial charge in [0.15, 0.2) is 0 Å². The molecule has 3 heteroatoms. The summed E-state index contributed by atoms with van der Waals surface area (Å²) in [6.07, 6.45) is -1.00. The van der Waals surface area contributed by atoms with E-state index in [4.69, 9.17) is 5.11 Å². The van der Waals surface area contributed by atoms with E-state index in [0.717, 1.165) is 0 Å². The Morgan fingerprint density at radius 1 is 1.56 bits per heavy atom. The summed E-state index contributed by atoms with van der Waals surface area (Å²) in [4.78, 5) is 9.68. The first kappa shape index (κ1) is 8.43. The Morgan fingerprint density at radius 3 is 2.11 bits per heavy atom. The van der Waals surface area contributed by atoms with E-state index in [0.29, 0.717) is 0 Å². The van der Waals surface area contributed by atoms with Crippen LogP contribution in [0, 0.1) is 5.41 Å². The molecule has 0 aromatic rings. The third-order valence-corrected chi connectivity index (χ3v) is 0.925. The maximum absolute atomic E-state index is 9.68. The van der Waals surface area contributed by atoms with Gasteiger partial charge < -0.3 is 9.84 Å². The van der Waals surface area contributed by atoms with Gasteiger partial charge in [0.1, 0.15) is 0 Å². The molecule has 0 amide bonds. The molecule has 0 rings (SSSR count). The topological polar surface area (TPSA) is 46.5 Å². The first-order valence-electron chi connectivity index (χ1n) is 2.75. The standard InChI is InChI=1S/C6H12O3/c1-6(2,3)5(8)9-4-7/h4-5,8H,1-3H3. The van der Waals surface area contributed by atoms with E-state index in [9.17, 15) is 4.79 Å². The number of rotatable bonds is 2. The molecule has 0 aliphatic rings. The Hall–Kier alpha value is -0.570. The highest BCUT2D eigenvalue weighted by Crippen LogP contribution is 2.18. The van der Waals surface area contributed by atoms with Crippen molar-refractivity contribution in [3.8, 4) is 0 Å². The minimum atomic E-state index is -1.00. The summed E-state index contributed by atoms with van der Waals surface area (Å²) in [7, 11) is 0. The summed E-state index contributed by atoms with van der Waals surface area (Å²) in [6.45, 7) is 5.58. The summed E-state index contributed by atoms with van der Waals surface area (Å²) in [5.41, 5.74) is -0.388. The minimum absolute atomic E-state index is 0.246. The van der Waals surface area contributed by atoms with E-state index >= 15 is 0 Å². The average Bonchev–Trinajstić information content (AvgIpc) is 1.64. The highest BCUT2D eigenvalue weighted by molar-refractivity contribution is 5.37. The van der Waals surface area contributed by atoms with Crippen LogP contribution >= 0.6 is 0 Å². The third-order valence-electron chi connectivity index (χ3n) is 0.925. The molecular weight excluding hydrogens is 120 g/mol. The Balaban J connectivity index is 3.72. The van der Waals surface area contributed by atoms with Gasteiger partial charge in [0.05, 0.1) is 0 Å². The van der Waals surface area contributed by atoms with Gasteiger partial charge in [0, 0.05) is 5.41 Å². The molecule has 0 aliphatic carbocycles. The molecule has 1 N–H and O–H groups in total. The normalized spacial score (nSPS) is 14.7. The van der Waals surface area contributed by atoms with E-state index in [-0.39, 0.29) is 11.9 Å². The molecule has 0 fully saturated rings. The number of hydrogen-bond acceptors (Lipinski definition) is 3. The molecule has 0 aromatic heterocycles. The van der Waals surface area contributed by atoms with Crippen LogP contribution in [0.1, 0.15) is 20.8 Å². The zero-order valence-electron chi connectivity index (χ0n) is 5.92. The number of aliphatic hydroxyl groups is 1. The Bertz CT molecular complexity index is 93.0. The number of carbonyl (C=O) groups is 1. The zero-order valence-corrected chi connectivity index (χ0v) is 5.92. The van der Waals surface area contributed by atoms with Crippen LogP contribution in [0.5, 0.6) is 0 Å². The Kier molecular flexibility index (Phi) is 2.65. The van der Waals surface area contributed by atoms with Crippen LogP contribution in [0.25, 0.3) is 0 Å². The van der Waals surface area contributed by atoms with Crippen LogP contribution in [-0.2, 0) is 9.53 Å². The Labute approximate surface area is 54.6 Å². The molecule has 0 saturated carbocycles. The van der Waals surface area contributed by atoms with Gasteiger partial charge in [0.2, 0.25) is 6.29 Å². The van der Waals surface area contributed by atoms with Crippen LogP contribution in [0.15, 0.2) is 0 Å². The smallest absolute Gasteiger partial charge is 0.295 e. The first-order chi connectivity index (χ1) is 3.98. The molecule has 0 aliphatic heterocycles. The van der Waals surface area contributed by atoms with Crippen LogP contribution in [-0.4, -0.2) is 17.9 Å². The summed E-state index contributed by atoms with van der Waals surface area (Å²) in [6, 6.07) is 0. The van der Waals surface area contributed by atoms with E-state index in [2.05, 4.69) is 4.74 Å². The fourth-order valence-corrected chi connectivity index (χ4v) is 0.257. The number of carbonyl (C=O) groups excluding carboxylic acids is 1. The van der Waals surface area contributed by atoms with Crippen LogP contribution < -0.4 is 0 Å². The molecule has 1 unspecified atom stereocenters. The summed E-state index contributed by atoms with van der Waals surface area (Å²) >= 11 is 0. The minimum Gasteiger partial charge on any atom is -0.438 e. The zero-order chi connectivity index (χ0) is 7.49. The van der Waals surface area contributed by atoms with Gasteiger partial charge in [0.25, 0.3) is 6.47 Å². The second-order valence-corrected chi connectivity index (χ2v) is 2.95. The van der Waals surface area contributed by atoms with Crippen molar-refractivity contribution in [3.05, 3.63) is 0 Å². The number of ether oxygens (including phenoxy) is 1. The molecular formula is C6H12O3. The van der Waals surface area contributed by atoms with Crippen molar-refractivity contribution in [1.82, 2.24) is 0 Å². The molecule has 9 heavy (non-hydrogen) atoms. The van der Waals surface area contributed by atoms with Crippen LogP contribution in [0.3, 0.4) is 0 Å². The van der Waals surface area contributed by atoms with Gasteiger partial charge in [-0.3, -0.25) is 4.79 Å². The van der Waals surface area contributed by atoms with Gasteiger partial charge in [-0.25, -0.2) is 0 Å².